The maximum absolute atomic E-state index is 13.7. The summed E-state index contributed by atoms with van der Waals surface area (Å²) in [6.07, 6.45) is 1.73. The van der Waals surface area contributed by atoms with Gasteiger partial charge in [0.25, 0.3) is 5.56 Å². The van der Waals surface area contributed by atoms with Gasteiger partial charge >= 0.3 is 6.03 Å². The van der Waals surface area contributed by atoms with E-state index in [0.717, 1.165) is 11.1 Å². The Bertz CT molecular complexity index is 1740. The van der Waals surface area contributed by atoms with Crippen molar-refractivity contribution in [3.63, 3.8) is 0 Å². The Hall–Kier alpha value is -4.57. The summed E-state index contributed by atoms with van der Waals surface area (Å²) in [5, 5.41) is 9.96. The van der Waals surface area contributed by atoms with Crippen molar-refractivity contribution in [3.8, 4) is 11.5 Å². The number of fused-ring (bicyclic) bond motifs is 2. The maximum atomic E-state index is 13.7. The summed E-state index contributed by atoms with van der Waals surface area (Å²) in [7, 11) is 4.93. The number of aromatic hydroxyl groups is 1. The number of nitrogens with one attached hydrogen (secondary N) is 1. The molecule has 0 aliphatic carbocycles. The summed E-state index contributed by atoms with van der Waals surface area (Å²) >= 11 is 1.22. The highest BCUT2D eigenvalue weighted by atomic mass is 32.1. The first-order valence-corrected chi connectivity index (χ1v) is 12.8. The first kappa shape index (κ1) is 23.8. The van der Waals surface area contributed by atoms with Gasteiger partial charge in [-0.1, -0.05) is 78.1 Å². The van der Waals surface area contributed by atoms with Crippen molar-refractivity contribution in [2.45, 2.75) is 11.3 Å². The van der Waals surface area contributed by atoms with Crippen LogP contribution in [0.3, 0.4) is 0 Å². The molecular formula is C28H25N5O4S. The summed E-state index contributed by atoms with van der Waals surface area (Å²) in [6.45, 7) is 0. The number of phenolic OH excluding ortho intramolecular Hbond substituents is 1. The first-order valence-electron chi connectivity index (χ1n) is 11.9. The summed E-state index contributed by atoms with van der Waals surface area (Å²) in [4.78, 5) is 36.2. The number of hydrogen-bond acceptors (Lipinski definition) is 7. The molecule has 1 fully saturated rings. The number of methoxy groups -OCH3 is 1. The van der Waals surface area contributed by atoms with Gasteiger partial charge in [-0.05, 0) is 23.8 Å². The topological polar surface area (TPSA) is 99.4 Å². The van der Waals surface area contributed by atoms with Gasteiger partial charge in [-0.15, -0.1) is 0 Å². The number of carbonyl (C=O) groups is 1. The summed E-state index contributed by atoms with van der Waals surface area (Å²) in [5.41, 5.74) is 2.99. The number of likely N-dealkylation sites (N-methyl/N-ethyl adjacent to an activating group) is 2. The van der Waals surface area contributed by atoms with E-state index in [1.54, 1.807) is 42.1 Å². The van der Waals surface area contributed by atoms with Crippen LogP contribution in [-0.2, 0) is 11.3 Å². The van der Waals surface area contributed by atoms with E-state index in [2.05, 4.69) is 5.43 Å². The van der Waals surface area contributed by atoms with Crippen LogP contribution < -0.4 is 25.1 Å². The molecule has 10 heteroatoms. The Morgan fingerprint density at radius 3 is 2.26 bits per heavy atom. The second kappa shape index (κ2) is 8.49. The molecule has 1 aromatic heterocycles. The molecule has 2 amide bonds. The third-order valence-corrected chi connectivity index (χ3v) is 8.24. The van der Waals surface area contributed by atoms with Crippen LogP contribution in [0.15, 0.2) is 88.6 Å². The van der Waals surface area contributed by atoms with Crippen LogP contribution in [0.2, 0.25) is 0 Å². The van der Waals surface area contributed by atoms with Gasteiger partial charge in [0.2, 0.25) is 16.1 Å². The van der Waals surface area contributed by atoms with Crippen molar-refractivity contribution in [2.75, 3.05) is 26.6 Å². The smallest absolute Gasteiger partial charge is 0.324 e. The molecule has 0 saturated carbocycles. The predicted molar refractivity (Wildman–Crippen MR) is 144 cm³/mol. The number of benzene rings is 3. The minimum Gasteiger partial charge on any atom is -0.504 e. The molecular weight excluding hydrogens is 502 g/mol. The number of thiazole rings is 1. The van der Waals surface area contributed by atoms with Crippen molar-refractivity contribution < 1.29 is 14.6 Å². The molecule has 1 saturated heterocycles. The normalized spacial score (nSPS) is 22.5. The lowest BCUT2D eigenvalue weighted by Gasteiger charge is -2.49. The molecule has 0 bridgehead atoms. The molecule has 3 aromatic carbocycles. The quantitative estimate of drug-likeness (QED) is 0.425. The summed E-state index contributed by atoms with van der Waals surface area (Å²) in [6, 6.07) is 23.9. The molecule has 9 nitrogen and oxygen atoms in total. The van der Waals surface area contributed by atoms with Crippen LogP contribution in [0, 0.1) is 0 Å². The second-order valence-electron chi connectivity index (χ2n) is 9.20. The first-order chi connectivity index (χ1) is 18.3. The molecule has 2 atom stereocenters. The van der Waals surface area contributed by atoms with E-state index in [1.165, 1.54) is 29.2 Å². The van der Waals surface area contributed by atoms with Crippen LogP contribution in [0.25, 0.3) is 6.08 Å². The van der Waals surface area contributed by atoms with Crippen LogP contribution in [0.1, 0.15) is 16.7 Å². The number of urea groups is 1. The Kier molecular flexibility index (Phi) is 5.32. The fourth-order valence-electron chi connectivity index (χ4n) is 5.45. The average Bonchev–Trinajstić information content (AvgIpc) is 3.33. The van der Waals surface area contributed by atoms with Gasteiger partial charge < -0.3 is 9.84 Å². The Labute approximate surface area is 222 Å². The minimum atomic E-state index is -1.22. The van der Waals surface area contributed by atoms with Crippen LogP contribution in [0.4, 0.5) is 4.79 Å². The number of aromatic nitrogens is 1. The molecule has 38 heavy (non-hydrogen) atoms. The summed E-state index contributed by atoms with van der Waals surface area (Å²) in [5.74, 6) is 0.326. The Morgan fingerprint density at radius 1 is 0.947 bits per heavy atom. The zero-order chi connectivity index (χ0) is 26.7. The number of carbonyl (C=O) groups excluding carboxylic acids is 1. The third-order valence-electron chi connectivity index (χ3n) is 7.27. The van der Waals surface area contributed by atoms with Gasteiger partial charge in [0.1, 0.15) is 0 Å². The lowest BCUT2D eigenvalue weighted by molar-refractivity contribution is 0.0648. The third kappa shape index (κ3) is 3.07. The lowest BCUT2D eigenvalue weighted by atomic mass is 9.80. The van der Waals surface area contributed by atoms with Gasteiger partial charge in [-0.25, -0.2) is 9.79 Å². The average molecular weight is 528 g/mol. The van der Waals surface area contributed by atoms with E-state index in [1.807, 2.05) is 60.7 Å². The zero-order valence-electron chi connectivity index (χ0n) is 21.0. The number of rotatable bonds is 4. The van der Waals surface area contributed by atoms with E-state index >= 15 is 0 Å². The Balaban J connectivity index is 1.67. The molecule has 0 spiro atoms. The van der Waals surface area contributed by atoms with Crippen LogP contribution in [0.5, 0.6) is 11.5 Å². The molecule has 2 N–H and O–H groups in total. The minimum absolute atomic E-state index is 0.0154. The zero-order valence-corrected chi connectivity index (χ0v) is 21.8. The highest BCUT2D eigenvalue weighted by molar-refractivity contribution is 7.07. The van der Waals surface area contributed by atoms with E-state index in [-0.39, 0.29) is 17.3 Å². The van der Waals surface area contributed by atoms with Crippen LogP contribution in [-0.4, -0.2) is 46.8 Å². The number of ether oxygens (including phenoxy) is 1. The monoisotopic (exact) mass is 527 g/mol. The number of phenols is 1. The standard InChI is InChI=1S/C28H25N5O4S/c1-31-26(36)32(2)28(20-12-8-5-9-13-20)27(31,19-10-6-4-7-11-19)29-25-33(30-28)24(35)23(38-25)17-18-14-15-21(34)22(16-18)37-3/h4-17,30,34H,1-3H3/b23-17-/t27-,28-/m0/s1. The van der Waals surface area contributed by atoms with E-state index in [0.29, 0.717) is 20.6 Å². The van der Waals surface area contributed by atoms with Gasteiger partial charge in [-0.2, -0.15) is 4.68 Å². The van der Waals surface area contributed by atoms with Gasteiger partial charge in [-0.3, -0.25) is 20.0 Å². The Morgan fingerprint density at radius 2 is 1.61 bits per heavy atom. The molecule has 192 valence electrons. The molecule has 6 rings (SSSR count). The summed E-state index contributed by atoms with van der Waals surface area (Å²) < 4.78 is 7.08. The van der Waals surface area contributed by atoms with Crippen LogP contribution >= 0.6 is 11.3 Å². The van der Waals surface area contributed by atoms with Crippen molar-refractivity contribution in [1.82, 2.24) is 14.5 Å². The molecule has 2 aliphatic rings. The van der Waals surface area contributed by atoms with Crippen molar-refractivity contribution in [3.05, 3.63) is 115 Å². The number of hydrogen-bond donors (Lipinski definition) is 2. The molecule has 0 unspecified atom stereocenters. The number of amides is 2. The van der Waals surface area contributed by atoms with Crippen molar-refractivity contribution in [1.29, 1.82) is 0 Å². The SMILES string of the molecule is COc1cc(/C=c2\sc3n(c2=O)N[C@@]2(c4ccccc4)N(C)C(=O)N(C)[C@]2(c2ccccc2)N=3)ccc1O. The van der Waals surface area contributed by atoms with Gasteiger partial charge in [0.05, 0.1) is 11.6 Å². The van der Waals surface area contributed by atoms with Crippen molar-refractivity contribution >= 4 is 23.4 Å². The second-order valence-corrected chi connectivity index (χ2v) is 10.2. The highest BCUT2D eigenvalue weighted by Crippen LogP contribution is 2.53. The largest absolute Gasteiger partial charge is 0.504 e. The van der Waals surface area contributed by atoms with E-state index in [4.69, 9.17) is 9.73 Å². The van der Waals surface area contributed by atoms with E-state index in [9.17, 15) is 14.7 Å². The predicted octanol–water partition coefficient (Wildman–Crippen LogP) is 2.33. The maximum Gasteiger partial charge on any atom is 0.324 e. The van der Waals surface area contributed by atoms with Gasteiger partial charge in [0.15, 0.2) is 11.5 Å². The van der Waals surface area contributed by atoms with Crippen molar-refractivity contribution in [2.24, 2.45) is 4.99 Å². The molecule has 2 aliphatic heterocycles. The van der Waals surface area contributed by atoms with E-state index < -0.39 is 11.3 Å². The molecule has 0 radical (unpaired) electrons. The molecule has 4 aromatic rings. The lowest BCUT2D eigenvalue weighted by Crippen LogP contribution is -2.67. The van der Waals surface area contributed by atoms with Gasteiger partial charge in [0, 0.05) is 25.2 Å². The molecule has 3 heterocycles. The fraction of sp³-hybridized carbons (Fsp3) is 0.179. The number of nitrogens with zero attached hydrogens (tertiary/aromatic N) is 4. The highest BCUT2D eigenvalue weighted by Gasteiger charge is 2.69. The fourth-order valence-corrected chi connectivity index (χ4v) is 6.42.